The van der Waals surface area contributed by atoms with Gasteiger partial charge in [0.15, 0.2) is 0 Å². The smallest absolute Gasteiger partial charge is 0.255 e. The number of amides is 2. The van der Waals surface area contributed by atoms with E-state index in [9.17, 15) is 9.59 Å². The monoisotopic (exact) mass is 332 g/mol. The lowest BCUT2D eigenvalue weighted by Gasteiger charge is -2.07. The molecule has 0 bridgehead atoms. The van der Waals surface area contributed by atoms with Gasteiger partial charge in [0.05, 0.1) is 0 Å². The van der Waals surface area contributed by atoms with Crippen molar-refractivity contribution in [1.29, 1.82) is 0 Å². The summed E-state index contributed by atoms with van der Waals surface area (Å²) in [6, 6.07) is 14.1. The van der Waals surface area contributed by atoms with Crippen molar-refractivity contribution in [2.24, 2.45) is 0 Å². The molecule has 4 nitrogen and oxygen atoms in total. The molecule has 0 unspecified atom stereocenters. The van der Waals surface area contributed by atoms with Gasteiger partial charge >= 0.3 is 0 Å². The zero-order valence-corrected chi connectivity index (χ0v) is 12.4. The van der Waals surface area contributed by atoms with Gasteiger partial charge in [0.25, 0.3) is 5.91 Å². The quantitative estimate of drug-likeness (QED) is 0.901. The number of rotatable bonds is 3. The molecule has 102 valence electrons. The summed E-state index contributed by atoms with van der Waals surface area (Å²) in [6.45, 7) is 1.45. The predicted octanol–water partition coefficient (Wildman–Crippen LogP) is 3.66. The van der Waals surface area contributed by atoms with Crippen molar-refractivity contribution in [3.63, 3.8) is 0 Å². The molecule has 0 heterocycles. The summed E-state index contributed by atoms with van der Waals surface area (Å²) >= 11 is 3.32. The molecule has 0 saturated heterocycles. The van der Waals surface area contributed by atoms with Crippen LogP contribution in [0.3, 0.4) is 0 Å². The van der Waals surface area contributed by atoms with Gasteiger partial charge in [-0.1, -0.05) is 15.9 Å². The van der Waals surface area contributed by atoms with E-state index in [2.05, 4.69) is 26.6 Å². The van der Waals surface area contributed by atoms with Crippen LogP contribution in [0.15, 0.2) is 53.0 Å². The first-order valence-electron chi connectivity index (χ1n) is 5.99. The second-order valence-corrected chi connectivity index (χ2v) is 5.14. The molecule has 0 radical (unpaired) electrons. The van der Waals surface area contributed by atoms with E-state index in [0.717, 1.165) is 4.47 Å². The highest BCUT2D eigenvalue weighted by Crippen LogP contribution is 2.16. The van der Waals surface area contributed by atoms with Crippen LogP contribution in [0.2, 0.25) is 0 Å². The van der Waals surface area contributed by atoms with Crippen LogP contribution in [0, 0.1) is 0 Å². The minimum Gasteiger partial charge on any atom is -0.326 e. The summed E-state index contributed by atoms with van der Waals surface area (Å²) in [5.41, 5.74) is 1.95. The molecule has 2 aromatic rings. The van der Waals surface area contributed by atoms with E-state index in [1.165, 1.54) is 6.92 Å². The van der Waals surface area contributed by atoms with Crippen molar-refractivity contribution < 1.29 is 9.59 Å². The van der Waals surface area contributed by atoms with Crippen LogP contribution in [0.25, 0.3) is 0 Å². The topological polar surface area (TPSA) is 58.2 Å². The summed E-state index contributed by atoms with van der Waals surface area (Å²) in [5.74, 6) is -0.304. The predicted molar refractivity (Wildman–Crippen MR) is 82.8 cm³/mol. The Balaban J connectivity index is 2.04. The van der Waals surface area contributed by atoms with E-state index < -0.39 is 0 Å². The lowest BCUT2D eigenvalue weighted by molar-refractivity contribution is -0.114. The molecule has 0 aliphatic heterocycles. The summed E-state index contributed by atoms with van der Waals surface area (Å²) in [5, 5.41) is 5.46. The average Bonchev–Trinajstić information content (AvgIpc) is 2.41. The van der Waals surface area contributed by atoms with Crippen LogP contribution in [0.4, 0.5) is 11.4 Å². The Bertz CT molecular complexity index is 621. The molecule has 2 N–H and O–H groups in total. The molecule has 0 spiro atoms. The Morgan fingerprint density at radius 3 is 1.85 bits per heavy atom. The number of benzene rings is 2. The van der Waals surface area contributed by atoms with Gasteiger partial charge in [0.1, 0.15) is 0 Å². The fourth-order valence-electron chi connectivity index (χ4n) is 1.64. The molecule has 5 heteroatoms. The number of carbonyl (C=O) groups is 2. The maximum Gasteiger partial charge on any atom is 0.255 e. The molecule has 0 saturated carbocycles. The van der Waals surface area contributed by atoms with Crippen LogP contribution in [0.1, 0.15) is 17.3 Å². The molecule has 2 amide bonds. The Morgan fingerprint density at radius 1 is 0.850 bits per heavy atom. The van der Waals surface area contributed by atoms with Gasteiger partial charge < -0.3 is 10.6 Å². The third kappa shape index (κ3) is 3.93. The number of anilines is 2. The van der Waals surface area contributed by atoms with E-state index in [4.69, 9.17) is 0 Å². The SMILES string of the molecule is CC(=O)Nc1ccc(NC(=O)c2ccc(Br)cc2)cc1. The van der Waals surface area contributed by atoms with Gasteiger partial charge in [0, 0.05) is 28.3 Å². The Morgan fingerprint density at radius 2 is 1.35 bits per heavy atom. The summed E-state index contributed by atoms with van der Waals surface area (Å²) in [6.07, 6.45) is 0. The second-order valence-electron chi connectivity index (χ2n) is 4.22. The first-order chi connectivity index (χ1) is 9.54. The van der Waals surface area contributed by atoms with Crippen molar-refractivity contribution in [3.8, 4) is 0 Å². The highest BCUT2D eigenvalue weighted by atomic mass is 79.9. The first kappa shape index (κ1) is 14.3. The molecule has 0 aliphatic rings. The minimum absolute atomic E-state index is 0.128. The number of hydrogen-bond acceptors (Lipinski definition) is 2. The minimum atomic E-state index is -0.176. The average molecular weight is 333 g/mol. The third-order valence-electron chi connectivity index (χ3n) is 2.57. The Labute approximate surface area is 125 Å². The van der Waals surface area contributed by atoms with E-state index in [0.29, 0.717) is 16.9 Å². The van der Waals surface area contributed by atoms with E-state index in [1.807, 2.05) is 12.1 Å². The third-order valence-corrected chi connectivity index (χ3v) is 3.10. The number of carbonyl (C=O) groups excluding carboxylic acids is 2. The van der Waals surface area contributed by atoms with Gasteiger partial charge in [-0.05, 0) is 48.5 Å². The fraction of sp³-hybridized carbons (Fsp3) is 0.0667. The van der Waals surface area contributed by atoms with E-state index in [-0.39, 0.29) is 11.8 Å². The lowest BCUT2D eigenvalue weighted by Crippen LogP contribution is -2.12. The van der Waals surface area contributed by atoms with Gasteiger partial charge in [-0.3, -0.25) is 9.59 Å². The van der Waals surface area contributed by atoms with Crippen LogP contribution in [-0.2, 0) is 4.79 Å². The summed E-state index contributed by atoms with van der Waals surface area (Å²) in [7, 11) is 0. The van der Waals surface area contributed by atoms with Crippen molar-refractivity contribution in [1.82, 2.24) is 0 Å². The summed E-state index contributed by atoms with van der Waals surface area (Å²) in [4.78, 5) is 22.9. The molecular formula is C15H13BrN2O2. The molecular weight excluding hydrogens is 320 g/mol. The lowest BCUT2D eigenvalue weighted by atomic mass is 10.2. The van der Waals surface area contributed by atoms with Crippen molar-refractivity contribution in [2.75, 3.05) is 10.6 Å². The molecule has 2 rings (SSSR count). The Hall–Kier alpha value is -2.14. The van der Waals surface area contributed by atoms with Gasteiger partial charge in [-0.15, -0.1) is 0 Å². The van der Waals surface area contributed by atoms with E-state index >= 15 is 0 Å². The second kappa shape index (κ2) is 6.34. The van der Waals surface area contributed by atoms with Gasteiger partial charge in [0.2, 0.25) is 5.91 Å². The van der Waals surface area contributed by atoms with Crippen LogP contribution < -0.4 is 10.6 Å². The highest BCUT2D eigenvalue weighted by Gasteiger charge is 2.05. The largest absolute Gasteiger partial charge is 0.326 e. The normalized spacial score (nSPS) is 9.90. The molecule has 2 aromatic carbocycles. The zero-order valence-electron chi connectivity index (χ0n) is 10.8. The van der Waals surface area contributed by atoms with Crippen LogP contribution in [0.5, 0.6) is 0 Å². The van der Waals surface area contributed by atoms with Gasteiger partial charge in [-0.25, -0.2) is 0 Å². The maximum absolute atomic E-state index is 12.0. The standard InChI is InChI=1S/C15H13BrN2O2/c1-10(19)17-13-6-8-14(9-7-13)18-15(20)11-2-4-12(16)5-3-11/h2-9H,1H3,(H,17,19)(H,18,20). The number of nitrogens with one attached hydrogen (secondary N) is 2. The molecule has 0 atom stereocenters. The van der Waals surface area contributed by atoms with Crippen LogP contribution in [-0.4, -0.2) is 11.8 Å². The molecule has 0 aliphatic carbocycles. The number of hydrogen-bond donors (Lipinski definition) is 2. The Kier molecular flexibility index (Phi) is 4.53. The fourth-order valence-corrected chi connectivity index (χ4v) is 1.91. The highest BCUT2D eigenvalue weighted by molar-refractivity contribution is 9.10. The van der Waals surface area contributed by atoms with Crippen LogP contribution >= 0.6 is 15.9 Å². The first-order valence-corrected chi connectivity index (χ1v) is 6.78. The van der Waals surface area contributed by atoms with Gasteiger partial charge in [-0.2, -0.15) is 0 Å². The zero-order chi connectivity index (χ0) is 14.5. The molecule has 0 aromatic heterocycles. The van der Waals surface area contributed by atoms with E-state index in [1.54, 1.807) is 36.4 Å². The molecule has 20 heavy (non-hydrogen) atoms. The van der Waals surface area contributed by atoms with Crippen molar-refractivity contribution in [2.45, 2.75) is 6.92 Å². The van der Waals surface area contributed by atoms with Crippen molar-refractivity contribution in [3.05, 3.63) is 58.6 Å². The molecule has 0 fully saturated rings. The number of halogens is 1. The maximum atomic E-state index is 12.0. The summed E-state index contributed by atoms with van der Waals surface area (Å²) < 4.78 is 0.925. The van der Waals surface area contributed by atoms with Crippen molar-refractivity contribution >= 4 is 39.1 Å².